The highest BCUT2D eigenvalue weighted by molar-refractivity contribution is 5.84. The van der Waals surface area contributed by atoms with Crippen molar-refractivity contribution in [1.29, 1.82) is 0 Å². The second-order valence-electron chi connectivity index (χ2n) is 4.33. The van der Waals surface area contributed by atoms with E-state index < -0.39 is 11.6 Å². The zero-order valence-electron chi connectivity index (χ0n) is 10.7. The molecule has 0 spiro atoms. The highest BCUT2D eigenvalue weighted by atomic mass is 19.2. The van der Waals surface area contributed by atoms with Crippen LogP contribution in [0, 0.1) is 11.6 Å². The van der Waals surface area contributed by atoms with Gasteiger partial charge in [-0.2, -0.15) is 0 Å². The molecule has 0 fully saturated rings. The number of fused-ring (bicyclic) bond motifs is 1. The summed E-state index contributed by atoms with van der Waals surface area (Å²) in [6.45, 7) is 3.41. The Morgan fingerprint density at radius 3 is 2.61 bits per heavy atom. The lowest BCUT2D eigenvalue weighted by molar-refractivity contribution is 0.190. The van der Waals surface area contributed by atoms with Gasteiger partial charge in [-0.25, -0.2) is 8.78 Å². The summed E-state index contributed by atoms with van der Waals surface area (Å²) in [4.78, 5) is 0. The molecule has 0 N–H and O–H groups in total. The van der Waals surface area contributed by atoms with Crippen LogP contribution in [0.2, 0.25) is 0 Å². The lowest BCUT2D eigenvalue weighted by Crippen LogP contribution is -2.00. The van der Waals surface area contributed by atoms with Crippen LogP contribution in [-0.2, 0) is 17.7 Å². The molecule has 4 heteroatoms. The van der Waals surface area contributed by atoms with Crippen LogP contribution >= 0.6 is 0 Å². The largest absolute Gasteiger partial charge is 0.385 e. The van der Waals surface area contributed by atoms with E-state index >= 15 is 0 Å². The van der Waals surface area contributed by atoms with Crippen molar-refractivity contribution in [3.8, 4) is 0 Å². The van der Waals surface area contributed by atoms with Crippen LogP contribution in [0.5, 0.6) is 0 Å². The Bertz CT molecular complexity index is 548. The summed E-state index contributed by atoms with van der Waals surface area (Å²) >= 11 is 0. The van der Waals surface area contributed by atoms with Crippen LogP contribution < -0.4 is 0 Å². The molecule has 98 valence electrons. The lowest BCUT2D eigenvalue weighted by Gasteiger charge is -2.05. The fourth-order valence-electron chi connectivity index (χ4n) is 2.20. The van der Waals surface area contributed by atoms with Gasteiger partial charge in [0.2, 0.25) is 0 Å². The van der Waals surface area contributed by atoms with Crippen molar-refractivity contribution in [2.45, 2.75) is 26.3 Å². The Morgan fingerprint density at radius 2 is 1.94 bits per heavy atom. The van der Waals surface area contributed by atoms with Gasteiger partial charge < -0.3 is 9.30 Å². The molecule has 0 atom stereocenters. The minimum Gasteiger partial charge on any atom is -0.385 e. The Labute approximate surface area is 105 Å². The van der Waals surface area contributed by atoms with Gasteiger partial charge in [0, 0.05) is 37.9 Å². The predicted molar refractivity (Wildman–Crippen MR) is 67.7 cm³/mol. The SMILES string of the molecule is CCc1cn(CCCOC)c2cc(F)c(F)cc12. The van der Waals surface area contributed by atoms with E-state index in [1.165, 1.54) is 12.1 Å². The van der Waals surface area contributed by atoms with Crippen molar-refractivity contribution in [2.24, 2.45) is 0 Å². The molecule has 0 bridgehead atoms. The summed E-state index contributed by atoms with van der Waals surface area (Å²) in [5.41, 5.74) is 1.79. The molecule has 0 aliphatic carbocycles. The maximum absolute atomic E-state index is 13.3. The van der Waals surface area contributed by atoms with E-state index in [0.717, 1.165) is 35.9 Å². The number of ether oxygens (including phenoxy) is 1. The van der Waals surface area contributed by atoms with E-state index in [4.69, 9.17) is 4.74 Å². The third-order valence-corrected chi connectivity index (χ3v) is 3.13. The number of benzene rings is 1. The number of methoxy groups -OCH3 is 1. The van der Waals surface area contributed by atoms with E-state index in [1.807, 2.05) is 17.7 Å². The van der Waals surface area contributed by atoms with Crippen molar-refractivity contribution >= 4 is 10.9 Å². The average molecular weight is 253 g/mol. The van der Waals surface area contributed by atoms with Crippen molar-refractivity contribution in [2.75, 3.05) is 13.7 Å². The molecule has 1 heterocycles. The number of halogens is 2. The molecule has 1 aromatic heterocycles. The first kappa shape index (κ1) is 13.0. The van der Waals surface area contributed by atoms with E-state index in [9.17, 15) is 8.78 Å². The van der Waals surface area contributed by atoms with E-state index in [-0.39, 0.29) is 0 Å². The third-order valence-electron chi connectivity index (χ3n) is 3.13. The molecular formula is C14H17F2NO. The van der Waals surface area contributed by atoms with Gasteiger partial charge in [-0.15, -0.1) is 0 Å². The minimum atomic E-state index is -0.795. The van der Waals surface area contributed by atoms with Crippen LogP contribution in [0.25, 0.3) is 10.9 Å². The smallest absolute Gasteiger partial charge is 0.160 e. The molecule has 1 aromatic carbocycles. The normalized spacial score (nSPS) is 11.3. The molecule has 2 nitrogen and oxygen atoms in total. The molecule has 0 saturated carbocycles. The van der Waals surface area contributed by atoms with Crippen molar-refractivity contribution < 1.29 is 13.5 Å². The number of rotatable bonds is 5. The van der Waals surface area contributed by atoms with Crippen molar-refractivity contribution in [1.82, 2.24) is 4.57 Å². The molecule has 18 heavy (non-hydrogen) atoms. The molecule has 2 rings (SSSR count). The van der Waals surface area contributed by atoms with Gasteiger partial charge in [0.05, 0.1) is 5.52 Å². The Balaban J connectivity index is 2.43. The number of hydrogen-bond acceptors (Lipinski definition) is 1. The fourth-order valence-corrected chi connectivity index (χ4v) is 2.20. The summed E-state index contributed by atoms with van der Waals surface area (Å²) in [6, 6.07) is 2.56. The average Bonchev–Trinajstić information content (AvgIpc) is 2.68. The van der Waals surface area contributed by atoms with Crippen LogP contribution in [0.3, 0.4) is 0 Å². The Hall–Kier alpha value is -1.42. The third kappa shape index (κ3) is 2.38. The fraction of sp³-hybridized carbons (Fsp3) is 0.429. The van der Waals surface area contributed by atoms with Gasteiger partial charge in [-0.1, -0.05) is 6.92 Å². The van der Waals surface area contributed by atoms with E-state index in [1.54, 1.807) is 7.11 Å². The predicted octanol–water partition coefficient (Wildman–Crippen LogP) is 3.52. The van der Waals surface area contributed by atoms with Crippen LogP contribution in [0.1, 0.15) is 18.9 Å². The van der Waals surface area contributed by atoms with Crippen LogP contribution in [0.15, 0.2) is 18.3 Å². The first-order valence-corrected chi connectivity index (χ1v) is 6.13. The van der Waals surface area contributed by atoms with Gasteiger partial charge in [-0.3, -0.25) is 0 Å². The first-order chi connectivity index (χ1) is 8.67. The molecular weight excluding hydrogens is 236 g/mol. The van der Waals surface area contributed by atoms with Gasteiger partial charge in [0.25, 0.3) is 0 Å². The van der Waals surface area contributed by atoms with Crippen molar-refractivity contribution in [3.05, 3.63) is 35.5 Å². The highest BCUT2D eigenvalue weighted by Gasteiger charge is 2.11. The maximum Gasteiger partial charge on any atom is 0.160 e. The summed E-state index contributed by atoms with van der Waals surface area (Å²) in [5.74, 6) is -1.58. The quantitative estimate of drug-likeness (QED) is 0.744. The van der Waals surface area contributed by atoms with E-state index in [0.29, 0.717) is 6.61 Å². The first-order valence-electron chi connectivity index (χ1n) is 6.13. The molecule has 0 amide bonds. The number of aryl methyl sites for hydroxylation is 2. The molecule has 0 aliphatic heterocycles. The van der Waals surface area contributed by atoms with Gasteiger partial charge in [-0.05, 0) is 24.5 Å². The monoisotopic (exact) mass is 253 g/mol. The minimum absolute atomic E-state index is 0.658. The second kappa shape index (κ2) is 5.48. The van der Waals surface area contributed by atoms with Gasteiger partial charge in [0.15, 0.2) is 11.6 Å². The summed E-state index contributed by atoms with van der Waals surface area (Å²) in [6.07, 6.45) is 3.63. The van der Waals surface area contributed by atoms with Gasteiger partial charge in [0.1, 0.15) is 0 Å². The number of nitrogens with zero attached hydrogens (tertiary/aromatic N) is 1. The molecule has 0 unspecified atom stereocenters. The van der Waals surface area contributed by atoms with Crippen molar-refractivity contribution in [3.63, 3.8) is 0 Å². The van der Waals surface area contributed by atoms with Gasteiger partial charge >= 0.3 is 0 Å². The number of hydrogen-bond donors (Lipinski definition) is 0. The standard InChI is InChI=1S/C14H17F2NO/c1-3-10-9-17(5-4-6-18-2)14-8-13(16)12(15)7-11(10)14/h7-9H,3-6H2,1-2H3. The topological polar surface area (TPSA) is 14.2 Å². The Morgan fingerprint density at radius 1 is 1.22 bits per heavy atom. The zero-order valence-corrected chi connectivity index (χ0v) is 10.7. The van der Waals surface area contributed by atoms with E-state index in [2.05, 4.69) is 0 Å². The molecule has 0 aliphatic rings. The molecule has 0 saturated heterocycles. The summed E-state index contributed by atoms with van der Waals surface area (Å²) < 4.78 is 33.6. The Kier molecular flexibility index (Phi) is 3.97. The summed E-state index contributed by atoms with van der Waals surface area (Å²) in [5, 5.41) is 0.800. The summed E-state index contributed by atoms with van der Waals surface area (Å²) in [7, 11) is 1.65. The maximum atomic E-state index is 13.3. The number of aromatic nitrogens is 1. The second-order valence-corrected chi connectivity index (χ2v) is 4.33. The molecule has 0 radical (unpaired) electrons. The molecule has 2 aromatic rings. The van der Waals surface area contributed by atoms with Crippen LogP contribution in [-0.4, -0.2) is 18.3 Å². The zero-order chi connectivity index (χ0) is 13.1. The van der Waals surface area contributed by atoms with Crippen LogP contribution in [0.4, 0.5) is 8.78 Å². The highest BCUT2D eigenvalue weighted by Crippen LogP contribution is 2.25. The lowest BCUT2D eigenvalue weighted by atomic mass is 10.1.